The van der Waals surface area contributed by atoms with Crippen molar-refractivity contribution in [2.24, 2.45) is 0 Å². The molecule has 2 aromatic carbocycles. The van der Waals surface area contributed by atoms with Crippen molar-refractivity contribution in [3.63, 3.8) is 0 Å². The summed E-state index contributed by atoms with van der Waals surface area (Å²) >= 11 is 7.74. The monoisotopic (exact) mass is 288 g/mol. The number of hydrogen-bond acceptors (Lipinski definition) is 2. The number of hydrogen-bond donors (Lipinski definition) is 0. The minimum atomic E-state index is 0.598. The van der Waals surface area contributed by atoms with Crippen molar-refractivity contribution in [1.29, 1.82) is 0 Å². The van der Waals surface area contributed by atoms with E-state index in [0.717, 1.165) is 10.8 Å². The van der Waals surface area contributed by atoms with E-state index in [4.69, 9.17) is 16.3 Å². The first-order valence-electron chi connectivity index (χ1n) is 6.08. The van der Waals surface area contributed by atoms with E-state index in [2.05, 4.69) is 25.1 Å². The van der Waals surface area contributed by atoms with E-state index in [0.29, 0.717) is 6.61 Å². The van der Waals surface area contributed by atoms with Crippen molar-refractivity contribution in [2.75, 3.05) is 0 Å². The summed E-state index contributed by atoms with van der Waals surface area (Å²) in [6, 6.07) is 16.2. The van der Waals surface area contributed by atoms with Gasteiger partial charge in [-0.25, -0.2) is 0 Å². The number of fused-ring (bicyclic) bond motifs is 1. The third-order valence-electron chi connectivity index (χ3n) is 2.90. The Morgan fingerprint density at radius 2 is 2.00 bits per heavy atom. The van der Waals surface area contributed by atoms with E-state index in [1.54, 1.807) is 11.3 Å². The maximum Gasteiger partial charge on any atom is 0.122 e. The lowest BCUT2D eigenvalue weighted by atomic mass is 10.2. The molecule has 1 nitrogen and oxygen atoms in total. The molecule has 0 N–H and O–H groups in total. The minimum absolute atomic E-state index is 0.598. The molecule has 0 fully saturated rings. The van der Waals surface area contributed by atoms with Gasteiger partial charge in [-0.15, -0.1) is 11.3 Å². The second-order valence-corrected chi connectivity index (χ2v) is 6.10. The van der Waals surface area contributed by atoms with Crippen molar-refractivity contribution in [3.05, 3.63) is 64.0 Å². The first-order chi connectivity index (χ1) is 9.20. The van der Waals surface area contributed by atoms with E-state index in [1.165, 1.54) is 20.5 Å². The predicted octanol–water partition coefficient (Wildman–Crippen LogP) is 5.44. The zero-order valence-electron chi connectivity index (χ0n) is 10.5. The summed E-state index contributed by atoms with van der Waals surface area (Å²) in [5, 5.41) is 1.96. The number of thiophene rings is 1. The van der Waals surface area contributed by atoms with Gasteiger partial charge in [0.15, 0.2) is 0 Å². The fourth-order valence-electron chi connectivity index (χ4n) is 2.00. The summed E-state index contributed by atoms with van der Waals surface area (Å²) in [6.45, 7) is 2.66. The molecule has 0 aliphatic heterocycles. The van der Waals surface area contributed by atoms with Crippen molar-refractivity contribution in [3.8, 4) is 5.75 Å². The van der Waals surface area contributed by atoms with Gasteiger partial charge in [-0.2, -0.15) is 0 Å². The van der Waals surface area contributed by atoms with Crippen LogP contribution in [-0.4, -0.2) is 0 Å². The van der Waals surface area contributed by atoms with Crippen LogP contribution in [0.1, 0.15) is 10.4 Å². The van der Waals surface area contributed by atoms with Crippen LogP contribution < -0.4 is 4.74 Å². The second-order valence-electron chi connectivity index (χ2n) is 4.50. The Bertz CT molecular complexity index is 718. The van der Waals surface area contributed by atoms with Crippen LogP contribution in [0.4, 0.5) is 0 Å². The Kier molecular flexibility index (Phi) is 3.45. The normalized spacial score (nSPS) is 10.8. The summed E-state index contributed by atoms with van der Waals surface area (Å²) in [6.07, 6.45) is 0. The highest BCUT2D eigenvalue weighted by molar-refractivity contribution is 7.19. The van der Waals surface area contributed by atoms with Gasteiger partial charge in [-0.05, 0) is 54.3 Å². The molecule has 3 rings (SSSR count). The van der Waals surface area contributed by atoms with Gasteiger partial charge in [0.1, 0.15) is 12.4 Å². The van der Waals surface area contributed by atoms with Gasteiger partial charge in [0, 0.05) is 14.6 Å². The molecule has 0 bridgehead atoms. The lowest BCUT2D eigenvalue weighted by Crippen LogP contribution is -1.92. The van der Waals surface area contributed by atoms with Gasteiger partial charge in [0.2, 0.25) is 0 Å². The van der Waals surface area contributed by atoms with Crippen LogP contribution in [-0.2, 0) is 6.61 Å². The topological polar surface area (TPSA) is 9.23 Å². The number of halogens is 1. The van der Waals surface area contributed by atoms with Gasteiger partial charge in [-0.3, -0.25) is 0 Å². The van der Waals surface area contributed by atoms with Gasteiger partial charge in [0.25, 0.3) is 0 Å². The Labute approximate surface area is 121 Å². The highest BCUT2D eigenvalue weighted by Gasteiger charge is 2.03. The maximum absolute atomic E-state index is 5.99. The molecule has 0 spiro atoms. The molecule has 0 atom stereocenters. The largest absolute Gasteiger partial charge is 0.488 e. The van der Waals surface area contributed by atoms with Crippen LogP contribution in [0.3, 0.4) is 0 Å². The zero-order valence-corrected chi connectivity index (χ0v) is 12.1. The van der Waals surface area contributed by atoms with Gasteiger partial charge in [-0.1, -0.05) is 23.7 Å². The Morgan fingerprint density at radius 1 is 1.11 bits per heavy atom. The maximum atomic E-state index is 5.99. The molecule has 1 heterocycles. The van der Waals surface area contributed by atoms with Crippen molar-refractivity contribution < 1.29 is 4.74 Å². The first-order valence-corrected chi connectivity index (χ1v) is 7.27. The molecule has 19 heavy (non-hydrogen) atoms. The zero-order chi connectivity index (χ0) is 13.2. The summed E-state index contributed by atoms with van der Waals surface area (Å²) in [5.74, 6) is 0.912. The average Bonchev–Trinajstić information content (AvgIpc) is 2.78. The van der Waals surface area contributed by atoms with Crippen LogP contribution in [0.15, 0.2) is 48.5 Å². The molecular formula is C16H13ClOS. The van der Waals surface area contributed by atoms with Gasteiger partial charge >= 0.3 is 0 Å². The highest BCUT2D eigenvalue weighted by atomic mass is 35.5. The Morgan fingerprint density at radius 3 is 2.84 bits per heavy atom. The van der Waals surface area contributed by atoms with Crippen molar-refractivity contribution >= 4 is 33.0 Å². The van der Waals surface area contributed by atoms with Crippen LogP contribution in [0.5, 0.6) is 5.75 Å². The SMILES string of the molecule is Cc1cccc(OCc2cc3cc(Cl)ccc3s2)c1. The van der Waals surface area contributed by atoms with Crippen LogP contribution in [0.25, 0.3) is 10.1 Å². The van der Waals surface area contributed by atoms with E-state index in [-0.39, 0.29) is 0 Å². The van der Waals surface area contributed by atoms with Crippen molar-refractivity contribution in [1.82, 2.24) is 0 Å². The molecule has 0 saturated carbocycles. The van der Waals surface area contributed by atoms with Crippen LogP contribution >= 0.6 is 22.9 Å². The predicted molar refractivity (Wildman–Crippen MR) is 82.3 cm³/mol. The van der Waals surface area contributed by atoms with E-state index >= 15 is 0 Å². The fraction of sp³-hybridized carbons (Fsp3) is 0.125. The van der Waals surface area contributed by atoms with Crippen molar-refractivity contribution in [2.45, 2.75) is 13.5 Å². The number of benzene rings is 2. The molecule has 0 amide bonds. The molecule has 0 aliphatic rings. The molecule has 0 radical (unpaired) electrons. The van der Waals surface area contributed by atoms with E-state index in [9.17, 15) is 0 Å². The highest BCUT2D eigenvalue weighted by Crippen LogP contribution is 2.29. The standard InChI is InChI=1S/C16H13ClOS/c1-11-3-2-4-14(7-11)18-10-15-9-12-8-13(17)5-6-16(12)19-15/h2-9H,10H2,1H3. The molecule has 0 unspecified atom stereocenters. The Balaban J connectivity index is 1.78. The Hall–Kier alpha value is -1.51. The molecule has 96 valence electrons. The van der Waals surface area contributed by atoms with E-state index in [1.807, 2.05) is 30.3 Å². The quantitative estimate of drug-likeness (QED) is 0.623. The molecule has 3 heteroatoms. The van der Waals surface area contributed by atoms with Gasteiger partial charge < -0.3 is 4.74 Å². The first kappa shape index (κ1) is 12.5. The summed E-state index contributed by atoms with van der Waals surface area (Å²) in [5.41, 5.74) is 1.21. The molecule has 0 saturated heterocycles. The van der Waals surface area contributed by atoms with E-state index < -0.39 is 0 Å². The van der Waals surface area contributed by atoms with Crippen LogP contribution in [0.2, 0.25) is 5.02 Å². The molecule has 3 aromatic rings. The number of ether oxygens (including phenoxy) is 1. The lowest BCUT2D eigenvalue weighted by Gasteiger charge is -2.04. The smallest absolute Gasteiger partial charge is 0.122 e. The summed E-state index contributed by atoms with van der Waals surface area (Å²) < 4.78 is 7.05. The molecular weight excluding hydrogens is 276 g/mol. The molecule has 1 aromatic heterocycles. The van der Waals surface area contributed by atoms with Gasteiger partial charge in [0.05, 0.1) is 0 Å². The number of rotatable bonds is 3. The summed E-state index contributed by atoms with van der Waals surface area (Å²) in [7, 11) is 0. The third-order valence-corrected chi connectivity index (χ3v) is 4.22. The third kappa shape index (κ3) is 2.91. The molecule has 0 aliphatic carbocycles. The lowest BCUT2D eigenvalue weighted by molar-refractivity contribution is 0.309. The fourth-order valence-corrected chi connectivity index (χ4v) is 3.14. The second kappa shape index (κ2) is 5.24. The average molecular weight is 289 g/mol. The van der Waals surface area contributed by atoms with Crippen LogP contribution in [0, 0.1) is 6.92 Å². The summed E-state index contributed by atoms with van der Waals surface area (Å²) in [4.78, 5) is 1.21. The minimum Gasteiger partial charge on any atom is -0.488 e. The number of aryl methyl sites for hydroxylation is 1.